The van der Waals surface area contributed by atoms with Gasteiger partial charge in [0.15, 0.2) is 0 Å². The SMILES string of the molecule is CCN1C(=O)c2ccccc2Sc2cc(NC(=O)Nc3cccc([N+](=O)[O-])c3C)ccc21. The van der Waals surface area contributed by atoms with E-state index in [-0.39, 0.29) is 11.6 Å². The topological polar surface area (TPSA) is 105 Å². The second kappa shape index (κ2) is 8.72. The number of nitrogens with zero attached hydrogens (tertiary/aromatic N) is 2. The number of nitro groups is 1. The average Bonchev–Trinajstić information content (AvgIpc) is 2.88. The Morgan fingerprint density at radius 2 is 1.84 bits per heavy atom. The van der Waals surface area contributed by atoms with E-state index in [9.17, 15) is 19.7 Å². The summed E-state index contributed by atoms with van der Waals surface area (Å²) in [6, 6.07) is 16.8. The molecule has 1 aliphatic heterocycles. The maximum atomic E-state index is 13.0. The number of hydrogen-bond acceptors (Lipinski definition) is 5. The summed E-state index contributed by atoms with van der Waals surface area (Å²) in [4.78, 5) is 39.6. The zero-order valence-corrected chi connectivity index (χ0v) is 18.2. The Morgan fingerprint density at radius 3 is 2.59 bits per heavy atom. The van der Waals surface area contributed by atoms with Crippen molar-refractivity contribution in [3.05, 3.63) is 81.9 Å². The molecule has 8 nitrogen and oxygen atoms in total. The molecule has 9 heteroatoms. The van der Waals surface area contributed by atoms with Gasteiger partial charge >= 0.3 is 6.03 Å². The Balaban J connectivity index is 1.60. The highest BCUT2D eigenvalue weighted by Gasteiger charge is 2.26. The highest BCUT2D eigenvalue weighted by Crippen LogP contribution is 2.42. The number of carbonyl (C=O) groups is 2. The van der Waals surface area contributed by atoms with Crippen LogP contribution in [0, 0.1) is 17.0 Å². The summed E-state index contributed by atoms with van der Waals surface area (Å²) >= 11 is 1.47. The summed E-state index contributed by atoms with van der Waals surface area (Å²) in [7, 11) is 0. The van der Waals surface area contributed by atoms with E-state index >= 15 is 0 Å². The van der Waals surface area contributed by atoms with E-state index in [2.05, 4.69) is 10.6 Å². The standard InChI is InChI=1S/C23H20N4O4S/c1-3-26-19-12-11-15(13-21(19)32-20-10-5-4-7-16(20)22(26)28)24-23(29)25-17-8-6-9-18(14(17)2)27(30)31/h4-13H,3H2,1-2H3,(H2,24,25,29). The first-order chi connectivity index (χ1) is 15.4. The van der Waals surface area contributed by atoms with Gasteiger partial charge in [-0.05, 0) is 50.2 Å². The van der Waals surface area contributed by atoms with E-state index in [0.29, 0.717) is 29.0 Å². The smallest absolute Gasteiger partial charge is 0.308 e. The van der Waals surface area contributed by atoms with Crippen LogP contribution in [0.1, 0.15) is 22.8 Å². The van der Waals surface area contributed by atoms with Crippen LogP contribution in [0.25, 0.3) is 0 Å². The van der Waals surface area contributed by atoms with Gasteiger partial charge in [-0.2, -0.15) is 0 Å². The van der Waals surface area contributed by atoms with Crippen molar-refractivity contribution in [2.45, 2.75) is 23.6 Å². The summed E-state index contributed by atoms with van der Waals surface area (Å²) in [6.07, 6.45) is 0. The summed E-state index contributed by atoms with van der Waals surface area (Å²) in [5.41, 5.74) is 2.63. The van der Waals surface area contributed by atoms with E-state index in [4.69, 9.17) is 0 Å². The van der Waals surface area contributed by atoms with Crippen molar-refractivity contribution >= 4 is 46.4 Å². The molecule has 32 heavy (non-hydrogen) atoms. The van der Waals surface area contributed by atoms with Crippen LogP contribution >= 0.6 is 11.8 Å². The third-order valence-corrected chi connectivity index (χ3v) is 6.28. The van der Waals surface area contributed by atoms with Gasteiger partial charge in [-0.15, -0.1) is 0 Å². The van der Waals surface area contributed by atoms with Crippen molar-refractivity contribution in [1.29, 1.82) is 0 Å². The van der Waals surface area contributed by atoms with E-state index < -0.39 is 11.0 Å². The Labute approximate surface area is 188 Å². The van der Waals surface area contributed by atoms with Crippen molar-refractivity contribution in [2.75, 3.05) is 22.1 Å². The first-order valence-electron chi connectivity index (χ1n) is 9.94. The van der Waals surface area contributed by atoms with Crippen molar-refractivity contribution in [3.63, 3.8) is 0 Å². The number of fused-ring (bicyclic) bond motifs is 2. The van der Waals surface area contributed by atoms with Crippen LogP contribution in [0.5, 0.6) is 0 Å². The second-order valence-electron chi connectivity index (χ2n) is 7.12. The molecule has 0 atom stereocenters. The maximum Gasteiger partial charge on any atom is 0.323 e. The molecule has 1 heterocycles. The molecule has 0 saturated heterocycles. The summed E-state index contributed by atoms with van der Waals surface area (Å²) in [6.45, 7) is 4.02. The quantitative estimate of drug-likeness (QED) is 0.395. The molecule has 4 rings (SSSR count). The molecule has 3 aromatic rings. The van der Waals surface area contributed by atoms with Gasteiger partial charge in [0.2, 0.25) is 0 Å². The Bertz CT molecular complexity index is 1240. The predicted molar refractivity (Wildman–Crippen MR) is 125 cm³/mol. The molecule has 0 bridgehead atoms. The number of nitro benzene ring substituents is 1. The second-order valence-corrected chi connectivity index (χ2v) is 8.20. The normalized spacial score (nSPS) is 12.4. The molecule has 0 aliphatic carbocycles. The zero-order valence-electron chi connectivity index (χ0n) is 17.4. The number of anilines is 3. The van der Waals surface area contributed by atoms with Crippen LogP contribution in [-0.4, -0.2) is 23.4 Å². The van der Waals surface area contributed by atoms with Crippen LogP contribution in [0.3, 0.4) is 0 Å². The minimum absolute atomic E-state index is 0.0612. The van der Waals surface area contributed by atoms with Gasteiger partial charge in [0, 0.05) is 28.1 Å². The number of carbonyl (C=O) groups excluding carboxylic acids is 2. The van der Waals surface area contributed by atoms with E-state index in [1.54, 1.807) is 24.0 Å². The predicted octanol–water partition coefficient (Wildman–Crippen LogP) is 5.68. The molecule has 0 fully saturated rings. The molecule has 2 N–H and O–H groups in total. The Hall–Kier alpha value is -3.85. The van der Waals surface area contributed by atoms with E-state index in [0.717, 1.165) is 15.5 Å². The fourth-order valence-electron chi connectivity index (χ4n) is 3.56. The number of hydrogen-bond donors (Lipinski definition) is 2. The van der Waals surface area contributed by atoms with Crippen LogP contribution in [-0.2, 0) is 0 Å². The number of amides is 3. The van der Waals surface area contributed by atoms with Gasteiger partial charge in [0.25, 0.3) is 11.6 Å². The molecular weight excluding hydrogens is 428 g/mol. The minimum Gasteiger partial charge on any atom is -0.308 e. The number of urea groups is 1. The van der Waals surface area contributed by atoms with E-state index in [1.807, 2.05) is 43.3 Å². The molecule has 0 unspecified atom stereocenters. The first-order valence-corrected chi connectivity index (χ1v) is 10.8. The lowest BCUT2D eigenvalue weighted by Crippen LogP contribution is -2.30. The molecule has 162 valence electrons. The van der Waals surface area contributed by atoms with Gasteiger partial charge in [0.05, 0.1) is 27.4 Å². The lowest BCUT2D eigenvalue weighted by atomic mass is 10.1. The first kappa shape index (κ1) is 21.4. The number of rotatable bonds is 4. The molecule has 3 amide bonds. The molecule has 0 spiro atoms. The fraction of sp³-hybridized carbons (Fsp3) is 0.130. The third kappa shape index (κ3) is 4.02. The lowest BCUT2D eigenvalue weighted by molar-refractivity contribution is -0.385. The third-order valence-electron chi connectivity index (χ3n) is 5.16. The van der Waals surface area contributed by atoms with Gasteiger partial charge in [-0.25, -0.2) is 4.79 Å². The van der Waals surface area contributed by atoms with Crippen LogP contribution in [0.2, 0.25) is 0 Å². The highest BCUT2D eigenvalue weighted by atomic mass is 32.2. The summed E-state index contributed by atoms with van der Waals surface area (Å²) < 4.78 is 0. The zero-order chi connectivity index (χ0) is 22.8. The Morgan fingerprint density at radius 1 is 1.06 bits per heavy atom. The van der Waals surface area contributed by atoms with Crippen LogP contribution in [0.15, 0.2) is 70.5 Å². The lowest BCUT2D eigenvalue weighted by Gasteiger charge is -2.21. The van der Waals surface area contributed by atoms with Crippen LogP contribution < -0.4 is 15.5 Å². The molecule has 0 aromatic heterocycles. The average molecular weight is 449 g/mol. The fourth-order valence-corrected chi connectivity index (χ4v) is 4.68. The molecule has 3 aromatic carbocycles. The van der Waals surface area contributed by atoms with Crippen molar-refractivity contribution in [1.82, 2.24) is 0 Å². The van der Waals surface area contributed by atoms with Crippen molar-refractivity contribution in [3.8, 4) is 0 Å². The molecular formula is C23H20N4O4S. The maximum absolute atomic E-state index is 13.0. The van der Waals surface area contributed by atoms with Crippen molar-refractivity contribution < 1.29 is 14.5 Å². The molecule has 0 saturated carbocycles. The van der Waals surface area contributed by atoms with E-state index in [1.165, 1.54) is 23.9 Å². The van der Waals surface area contributed by atoms with Gasteiger partial charge in [-0.3, -0.25) is 14.9 Å². The summed E-state index contributed by atoms with van der Waals surface area (Å²) in [5, 5.41) is 16.6. The summed E-state index contributed by atoms with van der Waals surface area (Å²) in [5.74, 6) is -0.0612. The van der Waals surface area contributed by atoms with Crippen LogP contribution in [0.4, 0.5) is 27.5 Å². The minimum atomic E-state index is -0.518. The van der Waals surface area contributed by atoms with Gasteiger partial charge in [-0.1, -0.05) is 30.0 Å². The number of benzene rings is 3. The van der Waals surface area contributed by atoms with Gasteiger partial charge < -0.3 is 15.5 Å². The highest BCUT2D eigenvalue weighted by molar-refractivity contribution is 7.99. The van der Waals surface area contributed by atoms with Crippen molar-refractivity contribution in [2.24, 2.45) is 0 Å². The monoisotopic (exact) mass is 448 g/mol. The number of nitrogens with one attached hydrogen (secondary N) is 2. The Kier molecular flexibility index (Phi) is 5.83. The van der Waals surface area contributed by atoms with Gasteiger partial charge in [0.1, 0.15) is 0 Å². The molecule has 1 aliphatic rings. The largest absolute Gasteiger partial charge is 0.323 e. The molecule has 0 radical (unpaired) electrons.